The lowest BCUT2D eigenvalue weighted by molar-refractivity contribution is -0.131. The molecular weight excluding hydrogens is 275 g/mol. The molecule has 0 aliphatic rings. The van der Waals surface area contributed by atoms with Crippen molar-refractivity contribution in [2.75, 3.05) is 5.32 Å². The van der Waals surface area contributed by atoms with Gasteiger partial charge >= 0.3 is 5.97 Å². The first-order valence-corrected chi connectivity index (χ1v) is 5.99. The molecule has 1 heterocycles. The number of aliphatic carboxylic acids is 1. The van der Waals surface area contributed by atoms with Crippen molar-refractivity contribution in [3.63, 3.8) is 0 Å². The minimum absolute atomic E-state index is 0.0896. The van der Waals surface area contributed by atoms with Crippen LogP contribution in [0, 0.1) is 5.82 Å². The van der Waals surface area contributed by atoms with Crippen LogP contribution in [-0.2, 0) is 4.79 Å². The number of anilines is 1. The number of carbonyl (C=O) groups excluding carboxylic acids is 1. The highest BCUT2D eigenvalue weighted by molar-refractivity contribution is 6.03. The van der Waals surface area contributed by atoms with Gasteiger partial charge < -0.3 is 10.4 Å². The number of carboxylic acids is 1. The molecule has 1 amide bonds. The topological polar surface area (TPSA) is 79.3 Å². The zero-order valence-corrected chi connectivity index (χ0v) is 10.8. The van der Waals surface area contributed by atoms with Gasteiger partial charge in [-0.05, 0) is 30.3 Å². The standard InChI is InChI=1S/C15H11FN2O3/c16-12-9-11(5-4-10(12)6-7-14(19)20)15(21)18-13-3-1-2-8-17-13/h1-9H,(H,19,20)(H,17,18,21). The quantitative estimate of drug-likeness (QED) is 0.847. The fourth-order valence-electron chi connectivity index (χ4n) is 1.59. The Bertz CT molecular complexity index is 699. The van der Waals surface area contributed by atoms with Gasteiger partial charge in [0.05, 0.1) is 0 Å². The first kappa shape index (κ1) is 14.4. The maximum absolute atomic E-state index is 13.8. The smallest absolute Gasteiger partial charge is 0.328 e. The molecule has 1 aromatic heterocycles. The lowest BCUT2D eigenvalue weighted by Gasteiger charge is -2.05. The fraction of sp³-hybridized carbons (Fsp3) is 0. The van der Waals surface area contributed by atoms with E-state index in [0.29, 0.717) is 5.82 Å². The van der Waals surface area contributed by atoms with Gasteiger partial charge in [-0.1, -0.05) is 12.1 Å². The van der Waals surface area contributed by atoms with Gasteiger partial charge in [0.2, 0.25) is 0 Å². The van der Waals surface area contributed by atoms with Crippen molar-refractivity contribution in [2.24, 2.45) is 0 Å². The Morgan fingerprint density at radius 3 is 2.67 bits per heavy atom. The number of carboxylic acid groups (broad SMARTS) is 1. The third-order valence-electron chi connectivity index (χ3n) is 2.57. The third-order valence-corrected chi connectivity index (χ3v) is 2.57. The van der Waals surface area contributed by atoms with E-state index in [2.05, 4.69) is 10.3 Å². The van der Waals surface area contributed by atoms with Crippen LogP contribution in [0.1, 0.15) is 15.9 Å². The number of nitrogens with zero attached hydrogens (tertiary/aromatic N) is 1. The Kier molecular flexibility index (Phi) is 4.40. The molecule has 0 radical (unpaired) electrons. The summed E-state index contributed by atoms with van der Waals surface area (Å²) in [4.78, 5) is 26.2. The molecule has 0 aliphatic carbocycles. The lowest BCUT2D eigenvalue weighted by atomic mass is 10.1. The van der Waals surface area contributed by atoms with Gasteiger partial charge in [0.15, 0.2) is 0 Å². The third kappa shape index (κ3) is 3.97. The molecular formula is C15H11FN2O3. The molecule has 2 rings (SSSR count). The van der Waals surface area contributed by atoms with E-state index in [9.17, 15) is 14.0 Å². The van der Waals surface area contributed by atoms with Crippen molar-refractivity contribution in [1.82, 2.24) is 4.98 Å². The predicted octanol–water partition coefficient (Wildman–Crippen LogP) is 2.57. The summed E-state index contributed by atoms with van der Waals surface area (Å²) in [5.41, 5.74) is 0.206. The first-order chi connectivity index (χ1) is 10.1. The molecule has 2 N–H and O–H groups in total. The van der Waals surface area contributed by atoms with Gasteiger partial charge in [-0.15, -0.1) is 0 Å². The van der Waals surface area contributed by atoms with Crippen LogP contribution in [0.3, 0.4) is 0 Å². The second kappa shape index (κ2) is 6.42. The Morgan fingerprint density at radius 1 is 1.24 bits per heavy atom. The van der Waals surface area contributed by atoms with E-state index >= 15 is 0 Å². The van der Waals surface area contributed by atoms with Crippen LogP contribution in [-0.4, -0.2) is 22.0 Å². The highest BCUT2D eigenvalue weighted by Gasteiger charge is 2.09. The Labute approximate surface area is 119 Å². The summed E-state index contributed by atoms with van der Waals surface area (Å²) in [6.45, 7) is 0. The number of nitrogens with one attached hydrogen (secondary N) is 1. The summed E-state index contributed by atoms with van der Waals surface area (Å²) >= 11 is 0. The molecule has 2 aromatic rings. The molecule has 0 bridgehead atoms. The molecule has 0 spiro atoms. The number of hydrogen-bond donors (Lipinski definition) is 2. The maximum atomic E-state index is 13.8. The summed E-state index contributed by atoms with van der Waals surface area (Å²) in [5.74, 6) is -1.99. The van der Waals surface area contributed by atoms with Gasteiger partial charge in [0.25, 0.3) is 5.91 Å². The second-order valence-electron chi connectivity index (χ2n) is 4.08. The van der Waals surface area contributed by atoms with Crippen LogP contribution in [0.25, 0.3) is 6.08 Å². The lowest BCUT2D eigenvalue weighted by Crippen LogP contribution is -2.13. The summed E-state index contributed by atoms with van der Waals surface area (Å²) < 4.78 is 13.8. The molecule has 0 atom stereocenters. The zero-order valence-electron chi connectivity index (χ0n) is 10.8. The number of halogens is 1. The van der Waals surface area contributed by atoms with Gasteiger partial charge in [-0.2, -0.15) is 0 Å². The van der Waals surface area contributed by atoms with Gasteiger partial charge in [-0.25, -0.2) is 14.2 Å². The monoisotopic (exact) mass is 286 g/mol. The summed E-state index contributed by atoms with van der Waals surface area (Å²) in [5, 5.41) is 11.0. The molecule has 0 aliphatic heterocycles. The predicted molar refractivity (Wildman–Crippen MR) is 75.3 cm³/mol. The SMILES string of the molecule is O=C(O)C=Cc1ccc(C(=O)Nc2ccccn2)cc1F. The minimum atomic E-state index is -1.17. The van der Waals surface area contributed by atoms with Crippen molar-refractivity contribution in [1.29, 1.82) is 0 Å². The fourth-order valence-corrected chi connectivity index (χ4v) is 1.59. The second-order valence-corrected chi connectivity index (χ2v) is 4.08. The van der Waals surface area contributed by atoms with E-state index in [1.807, 2.05) is 0 Å². The van der Waals surface area contributed by atoms with Crippen LogP contribution in [0.5, 0.6) is 0 Å². The highest BCUT2D eigenvalue weighted by Crippen LogP contribution is 2.13. The van der Waals surface area contributed by atoms with Crippen molar-refractivity contribution in [3.8, 4) is 0 Å². The van der Waals surface area contributed by atoms with Crippen molar-refractivity contribution >= 4 is 23.8 Å². The minimum Gasteiger partial charge on any atom is -0.478 e. The average Bonchev–Trinajstić information content (AvgIpc) is 2.46. The van der Waals surface area contributed by atoms with Gasteiger partial charge in [0, 0.05) is 23.4 Å². The van der Waals surface area contributed by atoms with Crippen LogP contribution in [0.2, 0.25) is 0 Å². The molecule has 1 aromatic carbocycles. The van der Waals surface area contributed by atoms with Crippen LogP contribution >= 0.6 is 0 Å². The molecule has 0 fully saturated rings. The van der Waals surface area contributed by atoms with Gasteiger partial charge in [0.1, 0.15) is 11.6 Å². The molecule has 0 saturated heterocycles. The molecule has 0 saturated carbocycles. The van der Waals surface area contributed by atoms with Crippen LogP contribution < -0.4 is 5.32 Å². The van der Waals surface area contributed by atoms with E-state index in [4.69, 9.17) is 5.11 Å². The normalized spacial score (nSPS) is 10.5. The maximum Gasteiger partial charge on any atom is 0.328 e. The zero-order chi connectivity index (χ0) is 15.2. The molecule has 106 valence electrons. The van der Waals surface area contributed by atoms with Gasteiger partial charge in [-0.3, -0.25) is 4.79 Å². The number of benzene rings is 1. The van der Waals surface area contributed by atoms with Crippen molar-refractivity contribution < 1.29 is 19.1 Å². The number of rotatable bonds is 4. The summed E-state index contributed by atoms with van der Waals surface area (Å²) in [7, 11) is 0. The van der Waals surface area contributed by atoms with Crippen LogP contribution in [0.15, 0.2) is 48.7 Å². The van der Waals surface area contributed by atoms with E-state index in [1.165, 1.54) is 18.3 Å². The number of carbonyl (C=O) groups is 2. The van der Waals surface area contributed by atoms with Crippen molar-refractivity contribution in [3.05, 3.63) is 65.6 Å². The molecule has 21 heavy (non-hydrogen) atoms. The van der Waals surface area contributed by atoms with Crippen molar-refractivity contribution in [2.45, 2.75) is 0 Å². The average molecular weight is 286 g/mol. The number of pyridine rings is 1. The summed E-state index contributed by atoms with van der Waals surface area (Å²) in [6.07, 6.45) is 3.47. The highest BCUT2D eigenvalue weighted by atomic mass is 19.1. The molecule has 5 nitrogen and oxygen atoms in total. The Hall–Kier alpha value is -3.02. The first-order valence-electron chi connectivity index (χ1n) is 5.99. The van der Waals surface area contributed by atoms with E-state index in [0.717, 1.165) is 18.2 Å². The van der Waals surface area contributed by atoms with E-state index < -0.39 is 17.7 Å². The Balaban J connectivity index is 2.16. The van der Waals surface area contributed by atoms with E-state index in [1.54, 1.807) is 18.2 Å². The largest absolute Gasteiger partial charge is 0.478 e. The molecule has 6 heteroatoms. The summed E-state index contributed by atoms with van der Waals surface area (Å²) in [6, 6.07) is 8.81. The number of amides is 1. The van der Waals surface area contributed by atoms with E-state index in [-0.39, 0.29) is 11.1 Å². The number of hydrogen-bond acceptors (Lipinski definition) is 3. The van der Waals surface area contributed by atoms with Crippen LogP contribution in [0.4, 0.5) is 10.2 Å². The number of aromatic nitrogens is 1. The molecule has 0 unspecified atom stereocenters. The Morgan fingerprint density at radius 2 is 2.05 bits per heavy atom.